The first-order valence-corrected chi connectivity index (χ1v) is 7.82. The summed E-state index contributed by atoms with van der Waals surface area (Å²) >= 11 is 6.41. The number of halogens is 2. The number of H-pyrrole nitrogens is 1. The van der Waals surface area contributed by atoms with Gasteiger partial charge in [-0.3, -0.25) is 4.99 Å². The number of nitrogens with zero attached hydrogens (tertiary/aromatic N) is 1. The fourth-order valence-electron chi connectivity index (χ4n) is 3.01. The summed E-state index contributed by atoms with van der Waals surface area (Å²) in [6.45, 7) is 1.79. The SMILES string of the molecule is Cl.Clc1ccccc1-c1[nH]c2ccccc2c1CC1=NCCN1. The van der Waals surface area contributed by atoms with Crippen molar-refractivity contribution in [2.75, 3.05) is 13.1 Å². The Bertz CT molecular complexity index is 868. The highest BCUT2D eigenvalue weighted by Gasteiger charge is 2.17. The molecule has 1 aliphatic heterocycles. The molecule has 3 nitrogen and oxygen atoms in total. The molecular formula is C18H17Cl2N3. The monoisotopic (exact) mass is 345 g/mol. The smallest absolute Gasteiger partial charge is 0.101 e. The second kappa shape index (κ2) is 6.65. The molecule has 3 aromatic rings. The maximum Gasteiger partial charge on any atom is 0.101 e. The topological polar surface area (TPSA) is 40.2 Å². The number of rotatable bonds is 3. The lowest BCUT2D eigenvalue weighted by Gasteiger charge is -2.07. The highest BCUT2D eigenvalue weighted by atomic mass is 35.5. The molecule has 0 aliphatic carbocycles. The third kappa shape index (κ3) is 2.94. The molecule has 23 heavy (non-hydrogen) atoms. The highest BCUT2D eigenvalue weighted by Crippen LogP contribution is 2.34. The molecule has 0 saturated carbocycles. The molecule has 0 saturated heterocycles. The number of amidine groups is 1. The van der Waals surface area contributed by atoms with Crippen LogP contribution in [0.4, 0.5) is 0 Å². The Morgan fingerprint density at radius 3 is 2.61 bits per heavy atom. The van der Waals surface area contributed by atoms with Crippen molar-refractivity contribution in [3.8, 4) is 11.3 Å². The van der Waals surface area contributed by atoms with Crippen LogP contribution in [0.25, 0.3) is 22.2 Å². The van der Waals surface area contributed by atoms with Gasteiger partial charge in [0.05, 0.1) is 12.2 Å². The number of aromatic amines is 1. The number of hydrogen-bond acceptors (Lipinski definition) is 2. The molecule has 0 amide bonds. The van der Waals surface area contributed by atoms with Crippen molar-refractivity contribution in [3.63, 3.8) is 0 Å². The summed E-state index contributed by atoms with van der Waals surface area (Å²) in [4.78, 5) is 8.06. The zero-order valence-electron chi connectivity index (χ0n) is 12.5. The molecule has 118 valence electrons. The Kier molecular flexibility index (Phi) is 4.60. The van der Waals surface area contributed by atoms with Crippen molar-refractivity contribution >= 4 is 40.7 Å². The van der Waals surface area contributed by atoms with E-state index in [0.29, 0.717) is 0 Å². The minimum absolute atomic E-state index is 0. The summed E-state index contributed by atoms with van der Waals surface area (Å²) in [5.41, 5.74) is 4.50. The second-order valence-corrected chi connectivity index (χ2v) is 5.84. The van der Waals surface area contributed by atoms with E-state index in [0.717, 1.165) is 47.1 Å². The van der Waals surface area contributed by atoms with E-state index < -0.39 is 0 Å². The lowest BCUT2D eigenvalue weighted by atomic mass is 10.0. The average Bonchev–Trinajstić information content (AvgIpc) is 3.17. The summed E-state index contributed by atoms with van der Waals surface area (Å²) < 4.78 is 0. The van der Waals surface area contributed by atoms with Crippen molar-refractivity contribution in [2.24, 2.45) is 4.99 Å². The molecule has 0 fully saturated rings. The molecule has 0 atom stereocenters. The third-order valence-corrected chi connectivity index (χ3v) is 4.37. The summed E-state index contributed by atoms with van der Waals surface area (Å²) in [5, 5.41) is 5.35. The van der Waals surface area contributed by atoms with Crippen LogP contribution in [0.1, 0.15) is 5.56 Å². The lowest BCUT2D eigenvalue weighted by Crippen LogP contribution is -2.20. The van der Waals surface area contributed by atoms with E-state index in [9.17, 15) is 0 Å². The Morgan fingerprint density at radius 2 is 1.83 bits per heavy atom. The Labute approximate surface area is 146 Å². The predicted molar refractivity (Wildman–Crippen MR) is 100 cm³/mol. The van der Waals surface area contributed by atoms with Crippen LogP contribution in [0.3, 0.4) is 0 Å². The molecule has 5 heteroatoms. The maximum atomic E-state index is 6.41. The van der Waals surface area contributed by atoms with Gasteiger partial charge in [0.2, 0.25) is 0 Å². The molecule has 2 heterocycles. The Hall–Kier alpha value is -1.97. The zero-order chi connectivity index (χ0) is 14.9. The van der Waals surface area contributed by atoms with Crippen LogP contribution in [0.2, 0.25) is 5.02 Å². The number of aliphatic imine (C=N–C) groups is 1. The number of para-hydroxylation sites is 1. The van der Waals surface area contributed by atoms with Gasteiger partial charge in [0.25, 0.3) is 0 Å². The fraction of sp³-hybridized carbons (Fsp3) is 0.167. The fourth-order valence-corrected chi connectivity index (χ4v) is 3.24. The van der Waals surface area contributed by atoms with Crippen LogP contribution in [0, 0.1) is 0 Å². The average molecular weight is 346 g/mol. The minimum atomic E-state index is 0. The van der Waals surface area contributed by atoms with Crippen LogP contribution in [-0.2, 0) is 6.42 Å². The van der Waals surface area contributed by atoms with Crippen LogP contribution in [0.15, 0.2) is 53.5 Å². The number of fused-ring (bicyclic) bond motifs is 1. The molecule has 0 spiro atoms. The summed E-state index contributed by atoms with van der Waals surface area (Å²) in [7, 11) is 0. The number of hydrogen-bond donors (Lipinski definition) is 2. The summed E-state index contributed by atoms with van der Waals surface area (Å²) in [6.07, 6.45) is 0.796. The van der Waals surface area contributed by atoms with Gasteiger partial charge in [-0.1, -0.05) is 48.0 Å². The van der Waals surface area contributed by atoms with Gasteiger partial charge in [-0.2, -0.15) is 0 Å². The molecule has 0 unspecified atom stereocenters. The Morgan fingerprint density at radius 1 is 1.04 bits per heavy atom. The van der Waals surface area contributed by atoms with E-state index in [1.54, 1.807) is 0 Å². The lowest BCUT2D eigenvalue weighted by molar-refractivity contribution is 0.954. The molecule has 1 aromatic heterocycles. The summed E-state index contributed by atoms with van der Waals surface area (Å²) in [6, 6.07) is 16.3. The van der Waals surface area contributed by atoms with Gasteiger partial charge >= 0.3 is 0 Å². The molecular weight excluding hydrogens is 329 g/mol. The second-order valence-electron chi connectivity index (χ2n) is 5.44. The quantitative estimate of drug-likeness (QED) is 0.722. The minimum Gasteiger partial charge on any atom is -0.372 e. The predicted octanol–water partition coefficient (Wildman–Crippen LogP) is 4.45. The first-order valence-electron chi connectivity index (χ1n) is 7.44. The molecule has 2 N–H and O–H groups in total. The van der Waals surface area contributed by atoms with Crippen LogP contribution < -0.4 is 5.32 Å². The van der Waals surface area contributed by atoms with Gasteiger partial charge in [-0.15, -0.1) is 12.4 Å². The maximum absolute atomic E-state index is 6.41. The van der Waals surface area contributed by atoms with Crippen LogP contribution >= 0.6 is 24.0 Å². The van der Waals surface area contributed by atoms with Crippen molar-refractivity contribution in [1.29, 1.82) is 0 Å². The Balaban J connectivity index is 0.00000156. The van der Waals surface area contributed by atoms with Crippen molar-refractivity contribution in [3.05, 3.63) is 59.1 Å². The number of benzene rings is 2. The normalized spacial score (nSPS) is 13.5. The first-order chi connectivity index (χ1) is 10.8. The molecule has 4 rings (SSSR count). The van der Waals surface area contributed by atoms with Crippen molar-refractivity contribution < 1.29 is 0 Å². The molecule has 1 aliphatic rings. The molecule has 0 radical (unpaired) electrons. The number of nitrogens with one attached hydrogen (secondary N) is 2. The third-order valence-electron chi connectivity index (χ3n) is 4.04. The van der Waals surface area contributed by atoms with Gasteiger partial charge in [-0.05, 0) is 17.7 Å². The largest absolute Gasteiger partial charge is 0.372 e. The van der Waals surface area contributed by atoms with E-state index in [2.05, 4.69) is 39.6 Å². The van der Waals surface area contributed by atoms with E-state index in [1.165, 1.54) is 10.9 Å². The van der Waals surface area contributed by atoms with Crippen molar-refractivity contribution in [1.82, 2.24) is 10.3 Å². The van der Waals surface area contributed by atoms with E-state index in [-0.39, 0.29) is 12.4 Å². The molecule has 0 bridgehead atoms. The summed E-state index contributed by atoms with van der Waals surface area (Å²) in [5.74, 6) is 1.05. The number of aromatic nitrogens is 1. The molecule has 2 aromatic carbocycles. The van der Waals surface area contributed by atoms with Gasteiger partial charge in [0, 0.05) is 34.5 Å². The van der Waals surface area contributed by atoms with Gasteiger partial charge in [0.15, 0.2) is 0 Å². The van der Waals surface area contributed by atoms with Crippen LogP contribution in [0.5, 0.6) is 0 Å². The first kappa shape index (κ1) is 15.9. The highest BCUT2D eigenvalue weighted by molar-refractivity contribution is 6.33. The van der Waals surface area contributed by atoms with Gasteiger partial charge in [-0.25, -0.2) is 0 Å². The van der Waals surface area contributed by atoms with Gasteiger partial charge in [0.1, 0.15) is 5.84 Å². The zero-order valence-corrected chi connectivity index (χ0v) is 14.0. The van der Waals surface area contributed by atoms with Gasteiger partial charge < -0.3 is 10.3 Å². The van der Waals surface area contributed by atoms with Crippen LogP contribution in [-0.4, -0.2) is 23.9 Å². The van der Waals surface area contributed by atoms with Crippen molar-refractivity contribution in [2.45, 2.75) is 6.42 Å². The van der Waals surface area contributed by atoms with E-state index >= 15 is 0 Å². The standard InChI is InChI=1S/C18H16ClN3.ClH/c19-15-7-3-1-6-13(15)18-14(11-17-20-9-10-21-17)12-5-2-4-8-16(12)22-18;/h1-8,22H,9-11H2,(H,20,21);1H. The van der Waals surface area contributed by atoms with E-state index in [1.807, 2.05) is 24.3 Å². The van der Waals surface area contributed by atoms with E-state index in [4.69, 9.17) is 11.6 Å².